The maximum absolute atomic E-state index is 13.7. The summed E-state index contributed by atoms with van der Waals surface area (Å²) in [5.41, 5.74) is 0.997. The third-order valence-electron chi connectivity index (χ3n) is 4.71. The lowest BCUT2D eigenvalue weighted by Crippen LogP contribution is -2.66. The Balaban J connectivity index is 2.19. The third-order valence-corrected chi connectivity index (χ3v) is 4.71. The van der Waals surface area contributed by atoms with E-state index in [1.54, 1.807) is 6.07 Å². The van der Waals surface area contributed by atoms with E-state index in [0.29, 0.717) is 0 Å². The summed E-state index contributed by atoms with van der Waals surface area (Å²) in [5.74, 6) is -0.761. The number of hydrogen-bond acceptors (Lipinski definition) is 4. The third kappa shape index (κ3) is 2.52. The van der Waals surface area contributed by atoms with Gasteiger partial charge in [0, 0.05) is 23.3 Å². The van der Waals surface area contributed by atoms with Crippen LogP contribution in [-0.4, -0.2) is 17.0 Å². The van der Waals surface area contributed by atoms with Crippen molar-refractivity contribution in [1.29, 1.82) is 5.26 Å². The number of nitriles is 1. The van der Waals surface area contributed by atoms with Crippen LogP contribution >= 0.6 is 0 Å². The van der Waals surface area contributed by atoms with Gasteiger partial charge in [0.05, 0.1) is 6.20 Å². The molecule has 0 unspecified atom stereocenters. The molecular weight excluding hydrogens is 285 g/mol. The summed E-state index contributed by atoms with van der Waals surface area (Å²) in [6.07, 6.45) is 1.33. The number of nitrogens with two attached hydrogens (primary N) is 1. The van der Waals surface area contributed by atoms with Crippen molar-refractivity contribution in [2.45, 2.75) is 40.2 Å². The minimum absolute atomic E-state index is 0.0292. The summed E-state index contributed by atoms with van der Waals surface area (Å²) < 4.78 is 26.5. The molecule has 1 heterocycles. The molecule has 0 saturated heterocycles. The van der Waals surface area contributed by atoms with Gasteiger partial charge in [-0.2, -0.15) is 5.26 Å². The molecule has 0 atom stereocenters. The zero-order chi connectivity index (χ0) is 17.4. The molecule has 0 radical (unpaired) electrons. The molecule has 1 aliphatic carbocycles. The van der Waals surface area contributed by atoms with Crippen LogP contribution in [0.25, 0.3) is 0 Å². The van der Waals surface area contributed by atoms with Crippen LogP contribution < -0.4 is 10.5 Å². The average molecular weight is 306 g/mol. The smallest absolute Gasteiger partial charge is 0.217 e. The molecule has 2 N–H and O–H groups in total. The van der Waals surface area contributed by atoms with Crippen LogP contribution in [0, 0.1) is 33.9 Å². The first-order chi connectivity index (χ1) is 10.6. The predicted molar refractivity (Wildman–Crippen MR) is 78.2 cm³/mol. The molecule has 22 heavy (non-hydrogen) atoms. The maximum Gasteiger partial charge on any atom is 0.217 e. The molecule has 0 aliphatic heterocycles. The molecule has 1 aromatic heterocycles. The van der Waals surface area contributed by atoms with Crippen LogP contribution in [0.2, 0.25) is 1.41 Å². The van der Waals surface area contributed by atoms with Crippen molar-refractivity contribution in [3.8, 4) is 11.8 Å². The van der Waals surface area contributed by atoms with E-state index < -0.39 is 5.82 Å². The second-order valence-corrected chi connectivity index (χ2v) is 6.93. The summed E-state index contributed by atoms with van der Waals surface area (Å²) in [6.45, 7) is 7.94. The van der Waals surface area contributed by atoms with Crippen LogP contribution in [0.1, 0.15) is 39.8 Å². The first-order valence-corrected chi connectivity index (χ1v) is 7.07. The molecule has 1 aliphatic rings. The molecule has 0 bridgehead atoms. The number of hydrogen-bond donors (Lipinski definition) is 1. The van der Waals surface area contributed by atoms with E-state index in [4.69, 9.17) is 11.4 Å². The Morgan fingerprint density at radius 2 is 2.18 bits per heavy atom. The first kappa shape index (κ1) is 14.8. The lowest BCUT2D eigenvalue weighted by Gasteiger charge is -2.63. The molecule has 118 valence electrons. The fraction of sp³-hybridized carbons (Fsp3) is 0.562. The van der Waals surface area contributed by atoms with Crippen LogP contribution in [0.4, 0.5) is 4.39 Å². The second-order valence-electron chi connectivity index (χ2n) is 6.93. The zero-order valence-electron chi connectivity index (χ0n) is 14.1. The summed E-state index contributed by atoms with van der Waals surface area (Å²) in [7, 11) is 0. The number of nitrogens with zero attached hydrogens (tertiary/aromatic N) is 2. The van der Waals surface area contributed by atoms with Crippen molar-refractivity contribution in [3.05, 3.63) is 23.8 Å². The highest BCUT2D eigenvalue weighted by Gasteiger charge is 2.63. The van der Waals surface area contributed by atoms with Gasteiger partial charge in [0.15, 0.2) is 12.9 Å². The van der Waals surface area contributed by atoms with Gasteiger partial charge >= 0.3 is 0 Å². The number of pyridine rings is 1. The SMILES string of the molecule is [2H]NC(=O)CC1C(C)(C)C(Oc2cnc(C#N)c(F)c2)C1(C)C. The molecule has 1 saturated carbocycles. The maximum atomic E-state index is 13.7. The predicted octanol–water partition coefficient (Wildman–Crippen LogP) is 2.40. The molecule has 6 heteroatoms. The normalized spacial score (nSPS) is 25.4. The van der Waals surface area contributed by atoms with Gasteiger partial charge in [-0.25, -0.2) is 9.37 Å². The highest BCUT2D eigenvalue weighted by atomic mass is 19.1. The standard InChI is InChI=1S/C16H20FN3O2/c1-15(2)12(6-13(19)21)16(3,4)14(15)22-9-5-10(17)11(7-18)20-8-9/h5,8,12,14H,6H2,1-4H3,(H2,19,21)/i/hD. The second kappa shape index (κ2) is 5.24. The summed E-state index contributed by atoms with van der Waals surface area (Å²) in [6, 6.07) is 2.82. The van der Waals surface area contributed by atoms with E-state index in [9.17, 15) is 9.18 Å². The van der Waals surface area contributed by atoms with Gasteiger partial charge in [-0.3, -0.25) is 4.79 Å². The molecule has 2 rings (SSSR count). The Morgan fingerprint density at radius 3 is 2.68 bits per heavy atom. The Hall–Kier alpha value is -2.16. The van der Waals surface area contributed by atoms with E-state index >= 15 is 0 Å². The van der Waals surface area contributed by atoms with E-state index in [1.807, 2.05) is 33.4 Å². The lowest BCUT2D eigenvalue weighted by atomic mass is 9.45. The number of amides is 1. The minimum Gasteiger partial charge on any atom is -0.488 e. The Bertz CT molecular complexity index is 654. The molecule has 0 aromatic carbocycles. The zero-order valence-corrected chi connectivity index (χ0v) is 13.1. The van der Waals surface area contributed by atoms with Crippen LogP contribution in [0.5, 0.6) is 5.75 Å². The van der Waals surface area contributed by atoms with Crippen molar-refractivity contribution >= 4 is 5.91 Å². The molecule has 5 nitrogen and oxygen atoms in total. The largest absolute Gasteiger partial charge is 0.488 e. The Morgan fingerprint density at radius 1 is 1.55 bits per heavy atom. The number of ether oxygens (including phenoxy) is 1. The van der Waals surface area contributed by atoms with Gasteiger partial charge in [0.1, 0.15) is 17.9 Å². The molecule has 1 aromatic rings. The van der Waals surface area contributed by atoms with Crippen LogP contribution in [-0.2, 0) is 4.79 Å². The minimum atomic E-state index is -0.718. The van der Waals surface area contributed by atoms with Crippen molar-refractivity contribution in [3.63, 3.8) is 0 Å². The quantitative estimate of drug-likeness (QED) is 0.925. The lowest BCUT2D eigenvalue weighted by molar-refractivity contribution is -0.200. The number of aromatic nitrogens is 1. The van der Waals surface area contributed by atoms with Gasteiger partial charge in [0.2, 0.25) is 5.91 Å². The van der Waals surface area contributed by atoms with Crippen molar-refractivity contribution < 1.29 is 15.3 Å². The number of halogens is 1. The van der Waals surface area contributed by atoms with Gasteiger partial charge in [0.25, 0.3) is 0 Å². The van der Waals surface area contributed by atoms with Crippen molar-refractivity contribution in [2.24, 2.45) is 22.5 Å². The van der Waals surface area contributed by atoms with Gasteiger partial charge in [-0.05, 0) is 5.92 Å². The van der Waals surface area contributed by atoms with Crippen molar-refractivity contribution in [2.75, 3.05) is 0 Å². The summed E-state index contributed by atoms with van der Waals surface area (Å²) >= 11 is 0. The van der Waals surface area contributed by atoms with Gasteiger partial charge in [-0.1, -0.05) is 27.7 Å². The fourth-order valence-electron chi connectivity index (χ4n) is 3.91. The molecule has 1 amide bonds. The highest BCUT2D eigenvalue weighted by molar-refractivity contribution is 5.74. The molecular formula is C16H20FN3O2. The van der Waals surface area contributed by atoms with Crippen LogP contribution in [0.15, 0.2) is 12.3 Å². The van der Waals surface area contributed by atoms with E-state index in [1.165, 1.54) is 6.20 Å². The Kier molecular flexibility index (Phi) is 3.51. The monoisotopic (exact) mass is 306 g/mol. The van der Waals surface area contributed by atoms with E-state index in [-0.39, 0.29) is 46.6 Å². The first-order valence-electron chi connectivity index (χ1n) is 7.57. The van der Waals surface area contributed by atoms with E-state index in [2.05, 4.69) is 4.98 Å². The Labute approximate surface area is 130 Å². The van der Waals surface area contributed by atoms with Gasteiger partial charge in [-0.15, -0.1) is 0 Å². The van der Waals surface area contributed by atoms with E-state index in [0.717, 1.165) is 6.07 Å². The fourth-order valence-corrected chi connectivity index (χ4v) is 3.91. The molecule has 1 fully saturated rings. The molecule has 0 spiro atoms. The average Bonchev–Trinajstić information content (AvgIpc) is 2.49. The van der Waals surface area contributed by atoms with Gasteiger partial charge < -0.3 is 10.5 Å². The number of rotatable bonds is 4. The van der Waals surface area contributed by atoms with Crippen LogP contribution in [0.3, 0.4) is 0 Å². The highest BCUT2D eigenvalue weighted by Crippen LogP contribution is 2.61. The number of primary amides is 1. The number of carbonyl (C=O) groups is 1. The summed E-state index contributed by atoms with van der Waals surface area (Å²) in [5, 5.41) is 8.71. The topological polar surface area (TPSA) is 89.0 Å². The number of carbonyl (C=O) groups excluding carboxylic acids is 1. The van der Waals surface area contributed by atoms with Crippen molar-refractivity contribution in [1.82, 2.24) is 4.98 Å². The summed E-state index contributed by atoms with van der Waals surface area (Å²) in [4.78, 5) is 15.3.